The molecule has 4 nitrogen and oxygen atoms in total. The van der Waals surface area contributed by atoms with Crippen LogP contribution in [0.4, 0.5) is 0 Å². The van der Waals surface area contributed by atoms with Gasteiger partial charge in [-0.25, -0.2) is 0 Å². The summed E-state index contributed by atoms with van der Waals surface area (Å²) < 4.78 is 0. The van der Waals surface area contributed by atoms with Gasteiger partial charge in [0.1, 0.15) is 0 Å². The smallest absolute Gasteiger partial charge is 0.0121 e. The van der Waals surface area contributed by atoms with Gasteiger partial charge in [-0.15, -0.1) is 0 Å². The zero-order valence-electron chi connectivity index (χ0n) is 13.2. The minimum Gasteiger partial charge on any atom is -0.317 e. The summed E-state index contributed by atoms with van der Waals surface area (Å²) in [7, 11) is 2.26. The lowest BCUT2D eigenvalue weighted by Crippen LogP contribution is -2.53. The maximum Gasteiger partial charge on any atom is 0.0121 e. The quantitative estimate of drug-likeness (QED) is 0.821. The second kappa shape index (κ2) is 7.21. The predicted octanol–water partition coefficient (Wildman–Crippen LogP) is 0.698. The molecule has 4 heteroatoms. The molecule has 0 bridgehead atoms. The topological polar surface area (TPSA) is 21.8 Å². The van der Waals surface area contributed by atoms with E-state index in [4.69, 9.17) is 0 Å². The Morgan fingerprint density at radius 3 is 2.15 bits per heavy atom. The standard InChI is InChI=1S/C16H32N4/c1-18-8-4-16(5-9-18)20-12-10-19(11-13-20)14-15-2-6-17-7-3-15/h15-17H,2-14H2,1H3. The number of hydrogen-bond donors (Lipinski definition) is 1. The number of nitrogens with zero attached hydrogens (tertiary/aromatic N) is 3. The Hall–Kier alpha value is -0.160. The third kappa shape index (κ3) is 3.94. The number of piperidine rings is 2. The largest absolute Gasteiger partial charge is 0.317 e. The Kier molecular flexibility index (Phi) is 5.32. The van der Waals surface area contributed by atoms with Crippen LogP contribution in [0.5, 0.6) is 0 Å². The first-order valence-corrected chi connectivity index (χ1v) is 8.67. The number of likely N-dealkylation sites (tertiary alicyclic amines) is 1. The van der Waals surface area contributed by atoms with E-state index in [1.54, 1.807) is 0 Å². The van der Waals surface area contributed by atoms with Crippen molar-refractivity contribution in [1.29, 1.82) is 0 Å². The maximum absolute atomic E-state index is 3.47. The van der Waals surface area contributed by atoms with Crippen molar-refractivity contribution in [2.45, 2.75) is 31.7 Å². The monoisotopic (exact) mass is 280 g/mol. The summed E-state index contributed by atoms with van der Waals surface area (Å²) in [6.07, 6.45) is 5.53. The lowest BCUT2D eigenvalue weighted by atomic mass is 9.97. The Bertz CT molecular complexity index is 274. The van der Waals surface area contributed by atoms with E-state index in [0.717, 1.165) is 12.0 Å². The van der Waals surface area contributed by atoms with Crippen molar-refractivity contribution in [1.82, 2.24) is 20.0 Å². The van der Waals surface area contributed by atoms with Crippen molar-refractivity contribution in [3.05, 3.63) is 0 Å². The molecule has 3 aliphatic heterocycles. The molecule has 0 atom stereocenters. The molecule has 3 fully saturated rings. The molecule has 0 aromatic carbocycles. The van der Waals surface area contributed by atoms with Crippen molar-refractivity contribution in [3.63, 3.8) is 0 Å². The van der Waals surface area contributed by atoms with Gasteiger partial charge in [0.2, 0.25) is 0 Å². The van der Waals surface area contributed by atoms with Gasteiger partial charge in [0.05, 0.1) is 0 Å². The maximum atomic E-state index is 3.47. The third-order valence-electron chi connectivity index (χ3n) is 5.59. The summed E-state index contributed by atoms with van der Waals surface area (Å²) in [4.78, 5) is 7.97. The predicted molar refractivity (Wildman–Crippen MR) is 84.1 cm³/mol. The first-order valence-electron chi connectivity index (χ1n) is 8.67. The molecule has 3 heterocycles. The van der Waals surface area contributed by atoms with E-state index in [1.165, 1.54) is 84.6 Å². The van der Waals surface area contributed by atoms with Crippen LogP contribution in [0.2, 0.25) is 0 Å². The van der Waals surface area contributed by atoms with E-state index in [-0.39, 0.29) is 0 Å². The Balaban J connectivity index is 1.38. The summed E-state index contributed by atoms with van der Waals surface area (Å²) in [6.45, 7) is 11.6. The first-order chi connectivity index (χ1) is 9.81. The summed E-state index contributed by atoms with van der Waals surface area (Å²) in [5.74, 6) is 0.950. The van der Waals surface area contributed by atoms with Gasteiger partial charge in [-0.1, -0.05) is 0 Å². The van der Waals surface area contributed by atoms with Gasteiger partial charge in [0.15, 0.2) is 0 Å². The molecular formula is C16H32N4. The Morgan fingerprint density at radius 1 is 0.850 bits per heavy atom. The van der Waals surface area contributed by atoms with Crippen molar-refractivity contribution in [2.75, 3.05) is 66.0 Å². The summed E-state index contributed by atoms with van der Waals surface area (Å²) >= 11 is 0. The summed E-state index contributed by atoms with van der Waals surface area (Å²) in [5, 5.41) is 3.47. The molecular weight excluding hydrogens is 248 g/mol. The molecule has 0 aliphatic carbocycles. The van der Waals surface area contributed by atoms with Gasteiger partial charge in [0, 0.05) is 38.8 Å². The number of piperazine rings is 1. The normalized spacial score (nSPS) is 29.9. The van der Waals surface area contributed by atoms with Gasteiger partial charge >= 0.3 is 0 Å². The molecule has 3 aliphatic rings. The van der Waals surface area contributed by atoms with Crippen molar-refractivity contribution in [2.24, 2.45) is 5.92 Å². The minimum absolute atomic E-state index is 0.868. The first kappa shape index (κ1) is 14.8. The average molecular weight is 280 g/mol. The van der Waals surface area contributed by atoms with Crippen LogP contribution in [0.25, 0.3) is 0 Å². The summed E-state index contributed by atoms with van der Waals surface area (Å²) in [5.41, 5.74) is 0. The number of rotatable bonds is 3. The van der Waals surface area contributed by atoms with Crippen molar-refractivity contribution in [3.8, 4) is 0 Å². The minimum atomic E-state index is 0.868. The molecule has 0 unspecified atom stereocenters. The fraction of sp³-hybridized carbons (Fsp3) is 1.00. The van der Waals surface area contributed by atoms with Crippen LogP contribution in [0.3, 0.4) is 0 Å². The van der Waals surface area contributed by atoms with Gasteiger partial charge in [-0.2, -0.15) is 0 Å². The lowest BCUT2D eigenvalue weighted by molar-refractivity contribution is 0.0561. The molecule has 20 heavy (non-hydrogen) atoms. The van der Waals surface area contributed by atoms with E-state index in [9.17, 15) is 0 Å². The van der Waals surface area contributed by atoms with E-state index < -0.39 is 0 Å². The highest BCUT2D eigenvalue weighted by Gasteiger charge is 2.27. The molecule has 3 saturated heterocycles. The van der Waals surface area contributed by atoms with Crippen LogP contribution >= 0.6 is 0 Å². The summed E-state index contributed by atoms with van der Waals surface area (Å²) in [6, 6.07) is 0.868. The highest BCUT2D eigenvalue weighted by Crippen LogP contribution is 2.19. The van der Waals surface area contributed by atoms with E-state index in [1.807, 2.05) is 0 Å². The SMILES string of the molecule is CN1CCC(N2CCN(CC3CCNCC3)CC2)CC1. The van der Waals surface area contributed by atoms with Crippen LogP contribution in [-0.4, -0.2) is 86.7 Å². The molecule has 0 aromatic rings. The Morgan fingerprint density at radius 2 is 1.50 bits per heavy atom. The third-order valence-corrected chi connectivity index (χ3v) is 5.59. The van der Waals surface area contributed by atoms with Crippen molar-refractivity contribution < 1.29 is 0 Å². The second-order valence-electron chi connectivity index (χ2n) is 7.06. The van der Waals surface area contributed by atoms with Crippen LogP contribution in [0, 0.1) is 5.92 Å². The van der Waals surface area contributed by atoms with Gasteiger partial charge in [0.25, 0.3) is 0 Å². The van der Waals surface area contributed by atoms with Crippen LogP contribution in [-0.2, 0) is 0 Å². The fourth-order valence-electron chi connectivity index (χ4n) is 4.10. The Labute approximate surface area is 124 Å². The average Bonchev–Trinajstić information content (AvgIpc) is 2.50. The lowest BCUT2D eigenvalue weighted by Gasteiger charge is -2.43. The van der Waals surface area contributed by atoms with Gasteiger partial charge < -0.3 is 15.1 Å². The number of hydrogen-bond acceptors (Lipinski definition) is 4. The molecule has 0 saturated carbocycles. The van der Waals surface area contributed by atoms with Crippen LogP contribution < -0.4 is 5.32 Å². The highest BCUT2D eigenvalue weighted by atomic mass is 15.3. The molecule has 1 N–H and O–H groups in total. The molecule has 0 amide bonds. The van der Waals surface area contributed by atoms with Gasteiger partial charge in [-0.05, 0) is 64.8 Å². The number of nitrogens with one attached hydrogen (secondary N) is 1. The van der Waals surface area contributed by atoms with E-state index in [2.05, 4.69) is 27.1 Å². The van der Waals surface area contributed by atoms with Gasteiger partial charge in [-0.3, -0.25) is 4.90 Å². The second-order valence-corrected chi connectivity index (χ2v) is 7.06. The van der Waals surface area contributed by atoms with E-state index in [0.29, 0.717) is 0 Å². The molecule has 0 spiro atoms. The highest BCUT2D eigenvalue weighted by molar-refractivity contribution is 4.83. The van der Waals surface area contributed by atoms with Crippen molar-refractivity contribution >= 4 is 0 Å². The van der Waals surface area contributed by atoms with E-state index >= 15 is 0 Å². The van der Waals surface area contributed by atoms with Crippen LogP contribution in [0.1, 0.15) is 25.7 Å². The molecule has 0 aromatic heterocycles. The zero-order valence-corrected chi connectivity index (χ0v) is 13.2. The fourth-order valence-corrected chi connectivity index (χ4v) is 4.10. The van der Waals surface area contributed by atoms with Crippen LogP contribution in [0.15, 0.2) is 0 Å². The zero-order chi connectivity index (χ0) is 13.8. The molecule has 0 radical (unpaired) electrons. The molecule has 116 valence electrons. The molecule has 3 rings (SSSR count).